The topological polar surface area (TPSA) is 18.5 Å². The number of rotatable bonds is 4. The average molecular weight is 232 g/mol. The van der Waals surface area contributed by atoms with E-state index in [9.17, 15) is 4.39 Å². The Hall–Kier alpha value is -1.87. The van der Waals surface area contributed by atoms with Crippen molar-refractivity contribution in [1.29, 1.82) is 0 Å². The third kappa shape index (κ3) is 3.29. The summed E-state index contributed by atoms with van der Waals surface area (Å²) >= 11 is 0. The van der Waals surface area contributed by atoms with Crippen molar-refractivity contribution in [2.75, 3.05) is 7.11 Å². The molecule has 0 aliphatic rings. The molecule has 0 radical (unpaired) electrons. The van der Waals surface area contributed by atoms with Crippen LogP contribution >= 0.6 is 0 Å². The van der Waals surface area contributed by atoms with E-state index in [-0.39, 0.29) is 5.82 Å². The Labute approximate surface area is 99.6 Å². The Morgan fingerprint density at radius 1 is 1.00 bits per heavy atom. The van der Waals surface area contributed by atoms with Gasteiger partial charge in [-0.05, 0) is 29.8 Å². The first kappa shape index (κ1) is 11.6. The molecule has 0 aliphatic heterocycles. The van der Waals surface area contributed by atoms with Crippen molar-refractivity contribution in [3.63, 3.8) is 0 Å². The first-order valence-corrected chi connectivity index (χ1v) is 5.29. The summed E-state index contributed by atoms with van der Waals surface area (Å²) in [6.07, 6.45) is 0. The van der Waals surface area contributed by atoms with Gasteiger partial charge in [-0.2, -0.15) is 0 Å². The molecule has 0 saturated heterocycles. The maximum absolute atomic E-state index is 13.3. The summed E-state index contributed by atoms with van der Waals surface area (Å²) in [5.41, 5.74) is 0.749. The summed E-state index contributed by atoms with van der Waals surface area (Å²) in [6.45, 7) is 0.364. The third-order valence-corrected chi connectivity index (χ3v) is 2.22. The highest BCUT2D eigenvalue weighted by atomic mass is 19.1. The van der Waals surface area contributed by atoms with Crippen LogP contribution in [0.5, 0.6) is 11.5 Å². The fraction of sp³-hybridized carbons (Fsp3) is 0.143. The molecular formula is C14H13FO2. The Bertz CT molecular complexity index is 483. The van der Waals surface area contributed by atoms with Gasteiger partial charge in [-0.1, -0.05) is 18.2 Å². The number of halogens is 1. The summed E-state index contributed by atoms with van der Waals surface area (Å²) in [4.78, 5) is 0. The van der Waals surface area contributed by atoms with Gasteiger partial charge in [-0.3, -0.25) is 0 Å². The van der Waals surface area contributed by atoms with Gasteiger partial charge in [-0.15, -0.1) is 0 Å². The Morgan fingerprint density at radius 2 is 1.76 bits per heavy atom. The molecule has 0 bridgehead atoms. The van der Waals surface area contributed by atoms with Crippen molar-refractivity contribution in [3.8, 4) is 11.5 Å². The van der Waals surface area contributed by atoms with E-state index in [2.05, 4.69) is 0 Å². The summed E-state index contributed by atoms with van der Waals surface area (Å²) in [6, 6.07) is 13.8. The molecule has 3 heteroatoms. The SMILES string of the molecule is COCc1cc(F)cc(Oc2ccccc2)c1. The minimum absolute atomic E-state index is 0.328. The van der Waals surface area contributed by atoms with E-state index in [1.54, 1.807) is 13.2 Å². The molecule has 0 atom stereocenters. The van der Waals surface area contributed by atoms with E-state index in [0.29, 0.717) is 18.1 Å². The zero-order valence-electron chi connectivity index (χ0n) is 9.52. The fourth-order valence-corrected chi connectivity index (χ4v) is 1.55. The van der Waals surface area contributed by atoms with Crippen LogP contribution in [0.25, 0.3) is 0 Å². The molecular weight excluding hydrogens is 219 g/mol. The normalized spacial score (nSPS) is 10.2. The second kappa shape index (κ2) is 5.46. The first-order valence-electron chi connectivity index (χ1n) is 5.29. The van der Waals surface area contributed by atoms with Crippen LogP contribution < -0.4 is 4.74 Å². The van der Waals surface area contributed by atoms with Crippen molar-refractivity contribution in [2.24, 2.45) is 0 Å². The monoisotopic (exact) mass is 232 g/mol. The van der Waals surface area contributed by atoms with Crippen molar-refractivity contribution in [2.45, 2.75) is 6.61 Å². The lowest BCUT2D eigenvalue weighted by Crippen LogP contribution is -1.91. The van der Waals surface area contributed by atoms with Crippen LogP contribution in [0.15, 0.2) is 48.5 Å². The second-order valence-electron chi connectivity index (χ2n) is 3.64. The standard InChI is InChI=1S/C14H13FO2/c1-16-10-11-7-12(15)9-14(8-11)17-13-5-3-2-4-6-13/h2-9H,10H2,1H3. The number of para-hydroxylation sites is 1. The maximum Gasteiger partial charge on any atom is 0.130 e. The zero-order chi connectivity index (χ0) is 12.1. The smallest absolute Gasteiger partial charge is 0.130 e. The van der Waals surface area contributed by atoms with Crippen LogP contribution in [0, 0.1) is 5.82 Å². The Morgan fingerprint density at radius 3 is 2.47 bits per heavy atom. The Kier molecular flexibility index (Phi) is 3.73. The van der Waals surface area contributed by atoms with Crippen molar-refractivity contribution >= 4 is 0 Å². The molecule has 2 nitrogen and oxygen atoms in total. The summed E-state index contributed by atoms with van der Waals surface area (Å²) in [5.74, 6) is 0.829. The van der Waals surface area contributed by atoms with E-state index < -0.39 is 0 Å². The molecule has 0 aliphatic carbocycles. The largest absolute Gasteiger partial charge is 0.457 e. The van der Waals surface area contributed by atoms with E-state index in [0.717, 1.165) is 5.56 Å². The molecule has 0 aromatic heterocycles. The molecule has 0 heterocycles. The lowest BCUT2D eigenvalue weighted by atomic mass is 10.2. The van der Waals surface area contributed by atoms with Crippen molar-refractivity contribution in [1.82, 2.24) is 0 Å². The van der Waals surface area contributed by atoms with Crippen LogP contribution in [0.4, 0.5) is 4.39 Å². The van der Waals surface area contributed by atoms with E-state index >= 15 is 0 Å². The number of hydrogen-bond acceptors (Lipinski definition) is 2. The van der Waals surface area contributed by atoms with Gasteiger partial charge in [0.1, 0.15) is 17.3 Å². The zero-order valence-corrected chi connectivity index (χ0v) is 9.52. The van der Waals surface area contributed by atoms with Crippen molar-refractivity contribution < 1.29 is 13.9 Å². The third-order valence-electron chi connectivity index (χ3n) is 2.22. The van der Waals surface area contributed by atoms with Crippen LogP contribution in [0.1, 0.15) is 5.56 Å². The predicted octanol–water partition coefficient (Wildman–Crippen LogP) is 3.76. The summed E-state index contributed by atoms with van der Waals surface area (Å²) in [5, 5.41) is 0. The van der Waals surface area contributed by atoms with Gasteiger partial charge in [-0.25, -0.2) is 4.39 Å². The van der Waals surface area contributed by atoms with E-state index in [1.807, 2.05) is 30.3 Å². The second-order valence-corrected chi connectivity index (χ2v) is 3.64. The molecule has 88 valence electrons. The lowest BCUT2D eigenvalue weighted by Gasteiger charge is -2.07. The van der Waals surface area contributed by atoms with Gasteiger partial charge in [0.2, 0.25) is 0 Å². The quantitative estimate of drug-likeness (QED) is 0.799. The number of hydrogen-bond donors (Lipinski definition) is 0. The number of methoxy groups -OCH3 is 1. The molecule has 0 amide bonds. The minimum atomic E-state index is -0.328. The van der Waals surface area contributed by atoms with Gasteiger partial charge in [0.05, 0.1) is 6.61 Å². The molecule has 0 saturated carbocycles. The van der Waals surface area contributed by atoms with Gasteiger partial charge < -0.3 is 9.47 Å². The van der Waals surface area contributed by atoms with Gasteiger partial charge >= 0.3 is 0 Å². The highest BCUT2D eigenvalue weighted by molar-refractivity contribution is 5.34. The maximum atomic E-state index is 13.3. The summed E-state index contributed by atoms with van der Waals surface area (Å²) < 4.78 is 23.8. The van der Waals surface area contributed by atoms with Crippen molar-refractivity contribution in [3.05, 3.63) is 59.9 Å². The molecule has 17 heavy (non-hydrogen) atoms. The molecule has 0 fully saturated rings. The first-order chi connectivity index (χ1) is 8.28. The highest BCUT2D eigenvalue weighted by Gasteiger charge is 2.03. The molecule has 2 rings (SSSR count). The van der Waals surface area contributed by atoms with Crippen LogP contribution in [-0.2, 0) is 11.3 Å². The highest BCUT2D eigenvalue weighted by Crippen LogP contribution is 2.23. The minimum Gasteiger partial charge on any atom is -0.457 e. The molecule has 0 spiro atoms. The van der Waals surface area contributed by atoms with Gasteiger partial charge in [0, 0.05) is 13.2 Å². The fourth-order valence-electron chi connectivity index (χ4n) is 1.55. The van der Waals surface area contributed by atoms with Crippen LogP contribution in [-0.4, -0.2) is 7.11 Å². The van der Waals surface area contributed by atoms with E-state index in [1.165, 1.54) is 12.1 Å². The molecule has 0 unspecified atom stereocenters. The molecule has 2 aromatic carbocycles. The summed E-state index contributed by atoms with van der Waals surface area (Å²) in [7, 11) is 1.57. The molecule has 2 aromatic rings. The van der Waals surface area contributed by atoms with Crippen LogP contribution in [0.3, 0.4) is 0 Å². The number of ether oxygens (including phenoxy) is 2. The number of benzene rings is 2. The lowest BCUT2D eigenvalue weighted by molar-refractivity contribution is 0.184. The van der Waals surface area contributed by atoms with Gasteiger partial charge in [0.15, 0.2) is 0 Å². The average Bonchev–Trinajstić information content (AvgIpc) is 2.30. The predicted molar refractivity (Wildman–Crippen MR) is 63.6 cm³/mol. The van der Waals surface area contributed by atoms with E-state index in [4.69, 9.17) is 9.47 Å². The van der Waals surface area contributed by atoms with Gasteiger partial charge in [0.25, 0.3) is 0 Å². The van der Waals surface area contributed by atoms with Crippen LogP contribution in [0.2, 0.25) is 0 Å². The molecule has 0 N–H and O–H groups in total. The Balaban J connectivity index is 2.21.